The summed E-state index contributed by atoms with van der Waals surface area (Å²) < 4.78 is 0. The minimum Gasteiger partial charge on any atom is -0.317 e. The third-order valence-corrected chi connectivity index (χ3v) is 1.70. The minimum atomic E-state index is 0.442. The average molecular weight is 148 g/mol. The van der Waals surface area contributed by atoms with Crippen LogP contribution in [0.3, 0.4) is 0 Å². The molecule has 59 valence electrons. The molecule has 0 aliphatic rings. The Kier molecular flexibility index (Phi) is 3.12. The lowest BCUT2D eigenvalue weighted by Gasteiger charge is -2.08. The topological polar surface area (TPSA) is 12.0 Å². The summed E-state index contributed by atoms with van der Waals surface area (Å²) in [5.74, 6) is 0. The number of hydrogen-bond donors (Lipinski definition) is 1. The number of hydrogen-bond acceptors (Lipinski definition) is 1. The number of likely N-dealkylation sites (N-methyl/N-ethyl adjacent to an activating group) is 1. The molecule has 0 aliphatic carbocycles. The number of nitrogens with one attached hydrogen (secondary N) is 1. The molecule has 0 fully saturated rings. The van der Waals surface area contributed by atoms with Crippen LogP contribution in [0, 0.1) is 6.42 Å². The van der Waals surface area contributed by atoms with E-state index >= 15 is 0 Å². The predicted molar refractivity (Wildman–Crippen MR) is 48.4 cm³/mol. The van der Waals surface area contributed by atoms with Crippen molar-refractivity contribution in [1.82, 2.24) is 5.32 Å². The second kappa shape index (κ2) is 4.14. The van der Waals surface area contributed by atoms with Crippen molar-refractivity contribution in [2.45, 2.75) is 13.0 Å². The molecule has 0 saturated heterocycles. The molecule has 0 spiro atoms. The maximum absolute atomic E-state index is 3.16. The second-order valence-electron chi connectivity index (χ2n) is 2.65. The summed E-state index contributed by atoms with van der Waals surface area (Å²) in [5.41, 5.74) is 1.27. The Labute approximate surface area is 68.4 Å². The summed E-state index contributed by atoms with van der Waals surface area (Å²) in [7, 11) is 1.96. The molecule has 0 bridgehead atoms. The summed E-state index contributed by atoms with van der Waals surface area (Å²) >= 11 is 0. The fourth-order valence-corrected chi connectivity index (χ4v) is 0.936. The molecule has 1 atom stereocenters. The Morgan fingerprint density at radius 2 is 1.91 bits per heavy atom. The predicted octanol–water partition coefficient (Wildman–Crippen LogP) is 1.85. The molecule has 0 saturated carbocycles. The zero-order valence-corrected chi connectivity index (χ0v) is 7.04. The van der Waals surface area contributed by atoms with Crippen LogP contribution in [0.25, 0.3) is 0 Å². The van der Waals surface area contributed by atoms with Crippen molar-refractivity contribution in [2.75, 3.05) is 7.05 Å². The van der Waals surface area contributed by atoms with Crippen LogP contribution < -0.4 is 5.32 Å². The first-order valence-corrected chi connectivity index (χ1v) is 3.90. The van der Waals surface area contributed by atoms with Gasteiger partial charge in [0.2, 0.25) is 0 Å². The fourth-order valence-electron chi connectivity index (χ4n) is 0.936. The monoisotopic (exact) mass is 148 g/mol. The molecule has 1 rings (SSSR count). The first-order chi connectivity index (χ1) is 5.33. The van der Waals surface area contributed by atoms with Crippen molar-refractivity contribution in [2.24, 2.45) is 0 Å². The van der Waals surface area contributed by atoms with Crippen molar-refractivity contribution in [3.63, 3.8) is 0 Å². The van der Waals surface area contributed by atoms with Crippen molar-refractivity contribution in [3.05, 3.63) is 42.3 Å². The zero-order valence-electron chi connectivity index (χ0n) is 7.04. The Morgan fingerprint density at radius 3 is 2.45 bits per heavy atom. The average Bonchev–Trinajstić information content (AvgIpc) is 2.06. The normalized spacial score (nSPS) is 12.9. The van der Waals surface area contributed by atoms with Gasteiger partial charge in [0, 0.05) is 12.5 Å². The van der Waals surface area contributed by atoms with E-state index in [0.29, 0.717) is 6.04 Å². The van der Waals surface area contributed by atoms with E-state index in [1.807, 2.05) is 25.2 Å². The molecular formula is C10H14N. The summed E-state index contributed by atoms with van der Waals surface area (Å²) in [5, 5.41) is 3.16. The Morgan fingerprint density at radius 1 is 1.27 bits per heavy atom. The highest BCUT2D eigenvalue weighted by Crippen LogP contribution is 2.03. The molecule has 1 aromatic rings. The maximum atomic E-state index is 3.16. The summed E-state index contributed by atoms with van der Waals surface area (Å²) in [6, 6.07) is 10.8. The van der Waals surface area contributed by atoms with E-state index < -0.39 is 0 Å². The van der Waals surface area contributed by atoms with Gasteiger partial charge in [0.25, 0.3) is 0 Å². The summed E-state index contributed by atoms with van der Waals surface area (Å²) in [6.45, 7) is 2.13. The van der Waals surface area contributed by atoms with Gasteiger partial charge in [0.15, 0.2) is 0 Å². The molecule has 1 nitrogen and oxygen atoms in total. The van der Waals surface area contributed by atoms with Crippen LogP contribution in [0.4, 0.5) is 0 Å². The van der Waals surface area contributed by atoms with Gasteiger partial charge in [0.1, 0.15) is 0 Å². The van der Waals surface area contributed by atoms with E-state index in [1.165, 1.54) is 5.56 Å². The van der Waals surface area contributed by atoms with Crippen molar-refractivity contribution >= 4 is 0 Å². The van der Waals surface area contributed by atoms with E-state index in [9.17, 15) is 0 Å². The fraction of sp³-hybridized carbons (Fsp3) is 0.300. The van der Waals surface area contributed by atoms with E-state index in [1.54, 1.807) is 0 Å². The van der Waals surface area contributed by atoms with Crippen LogP contribution >= 0.6 is 0 Å². The first-order valence-electron chi connectivity index (χ1n) is 3.90. The SMILES string of the molecule is CN[C@@H](C)[CH]c1ccccc1. The standard InChI is InChI=1S/C10H14N/c1-9(11-2)8-10-6-4-3-5-7-10/h3-9,11H,1-2H3/t9-/m0/s1. The highest BCUT2D eigenvalue weighted by atomic mass is 14.8. The Balaban J connectivity index is 2.51. The van der Waals surface area contributed by atoms with Crippen LogP contribution in [-0.2, 0) is 0 Å². The molecule has 0 heterocycles. The van der Waals surface area contributed by atoms with Gasteiger partial charge in [-0.3, -0.25) is 0 Å². The molecular weight excluding hydrogens is 134 g/mol. The molecule has 1 aromatic carbocycles. The second-order valence-corrected chi connectivity index (χ2v) is 2.65. The van der Waals surface area contributed by atoms with Gasteiger partial charge >= 0.3 is 0 Å². The third-order valence-electron chi connectivity index (χ3n) is 1.70. The largest absolute Gasteiger partial charge is 0.317 e. The Hall–Kier alpha value is -0.820. The lowest BCUT2D eigenvalue weighted by Crippen LogP contribution is -2.21. The molecule has 1 radical (unpaired) electrons. The van der Waals surface area contributed by atoms with Crippen LogP contribution in [-0.4, -0.2) is 13.1 Å². The first kappa shape index (κ1) is 8.28. The highest BCUT2D eigenvalue weighted by Gasteiger charge is 1.98. The van der Waals surface area contributed by atoms with Crippen LogP contribution in [0.15, 0.2) is 30.3 Å². The number of rotatable bonds is 3. The van der Waals surface area contributed by atoms with Crippen LogP contribution in [0.5, 0.6) is 0 Å². The van der Waals surface area contributed by atoms with Crippen molar-refractivity contribution in [1.29, 1.82) is 0 Å². The van der Waals surface area contributed by atoms with Gasteiger partial charge in [-0.1, -0.05) is 30.3 Å². The third kappa shape index (κ3) is 2.72. The molecule has 0 aromatic heterocycles. The van der Waals surface area contributed by atoms with Gasteiger partial charge in [-0.25, -0.2) is 0 Å². The lowest BCUT2D eigenvalue weighted by molar-refractivity contribution is 0.696. The van der Waals surface area contributed by atoms with Gasteiger partial charge in [-0.2, -0.15) is 0 Å². The van der Waals surface area contributed by atoms with E-state index in [-0.39, 0.29) is 0 Å². The lowest BCUT2D eigenvalue weighted by atomic mass is 10.1. The Bertz CT molecular complexity index is 193. The minimum absolute atomic E-state index is 0.442. The highest BCUT2D eigenvalue weighted by molar-refractivity contribution is 5.24. The molecule has 11 heavy (non-hydrogen) atoms. The maximum Gasteiger partial charge on any atom is 0.0111 e. The van der Waals surface area contributed by atoms with Crippen molar-refractivity contribution < 1.29 is 0 Å². The molecule has 1 N–H and O–H groups in total. The van der Waals surface area contributed by atoms with Crippen molar-refractivity contribution in [3.8, 4) is 0 Å². The van der Waals surface area contributed by atoms with Gasteiger partial charge in [-0.15, -0.1) is 0 Å². The zero-order chi connectivity index (χ0) is 8.10. The number of benzene rings is 1. The van der Waals surface area contributed by atoms with Gasteiger partial charge < -0.3 is 5.32 Å². The van der Waals surface area contributed by atoms with E-state index in [0.717, 1.165) is 0 Å². The molecule has 0 amide bonds. The van der Waals surface area contributed by atoms with Crippen LogP contribution in [0.1, 0.15) is 12.5 Å². The summed E-state index contributed by atoms with van der Waals surface area (Å²) in [4.78, 5) is 0. The molecule has 0 unspecified atom stereocenters. The van der Waals surface area contributed by atoms with E-state index in [4.69, 9.17) is 0 Å². The smallest absolute Gasteiger partial charge is 0.0111 e. The van der Waals surface area contributed by atoms with Gasteiger partial charge in [0.05, 0.1) is 0 Å². The van der Waals surface area contributed by atoms with Crippen LogP contribution in [0.2, 0.25) is 0 Å². The molecule has 0 aliphatic heterocycles. The van der Waals surface area contributed by atoms with Gasteiger partial charge in [-0.05, 0) is 19.5 Å². The van der Waals surface area contributed by atoms with E-state index in [2.05, 4.69) is 30.8 Å². The molecule has 1 heteroatoms. The summed E-state index contributed by atoms with van der Waals surface area (Å²) in [6.07, 6.45) is 2.19. The quantitative estimate of drug-likeness (QED) is 0.689.